The molecule has 0 saturated carbocycles. The number of amides is 1. The van der Waals surface area contributed by atoms with Crippen molar-refractivity contribution in [3.05, 3.63) is 0 Å². The normalized spacial score (nSPS) is 35.8. The summed E-state index contributed by atoms with van der Waals surface area (Å²) in [6.45, 7) is 2.65. The minimum atomic E-state index is -0.769. The van der Waals surface area contributed by atoms with Crippen LogP contribution in [0.15, 0.2) is 0 Å². The molecule has 2 rings (SSSR count). The van der Waals surface area contributed by atoms with Crippen LogP contribution in [0.4, 0.5) is 4.79 Å². The van der Waals surface area contributed by atoms with E-state index in [-0.39, 0.29) is 6.04 Å². The minimum absolute atomic E-state index is 0.265. The van der Waals surface area contributed by atoms with Gasteiger partial charge in [0, 0.05) is 13.1 Å². The molecule has 0 aromatic heterocycles. The lowest BCUT2D eigenvalue weighted by atomic mass is 9.84. The van der Waals surface area contributed by atoms with Gasteiger partial charge in [-0.15, -0.1) is 0 Å². The highest BCUT2D eigenvalue weighted by Gasteiger charge is 2.42. The van der Waals surface area contributed by atoms with Gasteiger partial charge in [-0.2, -0.15) is 0 Å². The molecule has 1 amide bonds. The molecule has 0 aromatic carbocycles. The van der Waals surface area contributed by atoms with Gasteiger partial charge in [-0.25, -0.2) is 4.79 Å². The number of carboxylic acid groups (broad SMARTS) is 1. The van der Waals surface area contributed by atoms with E-state index < -0.39 is 6.09 Å². The lowest BCUT2D eigenvalue weighted by molar-refractivity contribution is 0.00700. The number of likely N-dealkylation sites (tertiary alicyclic amines) is 1. The molecule has 0 spiro atoms. The lowest BCUT2D eigenvalue weighted by Crippen LogP contribution is -2.64. The van der Waals surface area contributed by atoms with Gasteiger partial charge in [0.1, 0.15) is 0 Å². The molecule has 2 atom stereocenters. The fourth-order valence-electron chi connectivity index (χ4n) is 1.94. The van der Waals surface area contributed by atoms with Crippen LogP contribution in [0.2, 0.25) is 0 Å². The Morgan fingerprint density at radius 1 is 1.64 bits per heavy atom. The molecule has 2 heterocycles. The summed E-state index contributed by atoms with van der Waals surface area (Å²) in [4.78, 5) is 12.1. The van der Waals surface area contributed by atoms with Crippen molar-refractivity contribution in [3.8, 4) is 0 Å². The fraction of sp³-hybridized carbons (Fsp3) is 0.857. The van der Waals surface area contributed by atoms with Crippen LogP contribution in [0, 0.1) is 5.92 Å². The van der Waals surface area contributed by atoms with Crippen molar-refractivity contribution in [2.45, 2.75) is 12.5 Å². The smallest absolute Gasteiger partial charge is 0.407 e. The van der Waals surface area contributed by atoms with E-state index in [9.17, 15) is 4.79 Å². The predicted molar refractivity (Wildman–Crippen MR) is 39.5 cm³/mol. The van der Waals surface area contributed by atoms with Gasteiger partial charge in [0.25, 0.3) is 0 Å². The van der Waals surface area contributed by atoms with Crippen molar-refractivity contribution >= 4 is 6.09 Å². The Morgan fingerprint density at radius 2 is 2.45 bits per heavy atom. The van der Waals surface area contributed by atoms with Crippen LogP contribution >= 0.6 is 0 Å². The highest BCUT2D eigenvalue weighted by Crippen LogP contribution is 2.29. The number of rotatable bonds is 0. The maximum atomic E-state index is 10.5. The summed E-state index contributed by atoms with van der Waals surface area (Å²) in [7, 11) is 0. The van der Waals surface area contributed by atoms with Gasteiger partial charge in [-0.05, 0) is 18.9 Å². The number of nitrogens with one attached hydrogen (secondary N) is 1. The molecule has 2 fully saturated rings. The second kappa shape index (κ2) is 2.37. The second-order valence-electron chi connectivity index (χ2n) is 3.26. The SMILES string of the molecule is O=C(O)N1C[C@H]2CCNC[C@H]21. The number of carbonyl (C=O) groups is 1. The van der Waals surface area contributed by atoms with E-state index in [0.29, 0.717) is 5.92 Å². The van der Waals surface area contributed by atoms with Crippen molar-refractivity contribution in [1.29, 1.82) is 0 Å². The Hall–Kier alpha value is -0.770. The van der Waals surface area contributed by atoms with Crippen molar-refractivity contribution in [2.24, 2.45) is 5.92 Å². The average Bonchev–Trinajstić information content (AvgIpc) is 1.90. The quantitative estimate of drug-likeness (QED) is 0.517. The molecule has 0 aromatic rings. The molecule has 4 nitrogen and oxygen atoms in total. The molecule has 2 N–H and O–H groups in total. The molecule has 0 radical (unpaired) electrons. The Kier molecular flexibility index (Phi) is 1.49. The van der Waals surface area contributed by atoms with E-state index in [1.54, 1.807) is 0 Å². The first-order valence-electron chi connectivity index (χ1n) is 3.99. The lowest BCUT2D eigenvalue weighted by Gasteiger charge is -2.49. The number of piperidine rings is 1. The summed E-state index contributed by atoms with van der Waals surface area (Å²) in [6, 6.07) is 0.265. The summed E-state index contributed by atoms with van der Waals surface area (Å²) in [6.07, 6.45) is 0.365. The number of fused-ring (bicyclic) bond motifs is 1. The molecule has 2 aliphatic rings. The zero-order chi connectivity index (χ0) is 7.84. The van der Waals surface area contributed by atoms with Gasteiger partial charge in [0.2, 0.25) is 0 Å². The second-order valence-corrected chi connectivity index (χ2v) is 3.26. The Bertz CT molecular complexity index is 183. The molecule has 2 saturated heterocycles. The summed E-state index contributed by atoms with van der Waals surface area (Å²) in [5.41, 5.74) is 0. The molecule has 11 heavy (non-hydrogen) atoms. The highest BCUT2D eigenvalue weighted by atomic mass is 16.4. The van der Waals surface area contributed by atoms with Crippen LogP contribution in [0.25, 0.3) is 0 Å². The van der Waals surface area contributed by atoms with Crippen LogP contribution in [-0.4, -0.2) is 41.8 Å². The number of hydrogen-bond acceptors (Lipinski definition) is 2. The molecule has 0 bridgehead atoms. The Labute approximate surface area is 65.2 Å². The maximum absolute atomic E-state index is 10.5. The van der Waals surface area contributed by atoms with Crippen LogP contribution in [-0.2, 0) is 0 Å². The topological polar surface area (TPSA) is 52.6 Å². The standard InChI is InChI=1S/C7H12N2O2/c10-7(11)9-4-5-1-2-8-3-6(5)9/h5-6,8H,1-4H2,(H,10,11)/t5-,6-/m1/s1. The molecule has 0 aliphatic carbocycles. The van der Waals surface area contributed by atoms with Gasteiger partial charge in [0.15, 0.2) is 0 Å². The maximum Gasteiger partial charge on any atom is 0.407 e. The predicted octanol–water partition coefficient (Wildman–Crippen LogP) is -0.0419. The van der Waals surface area contributed by atoms with E-state index in [1.807, 2.05) is 0 Å². The van der Waals surface area contributed by atoms with Crippen molar-refractivity contribution < 1.29 is 9.90 Å². The Morgan fingerprint density at radius 3 is 3.09 bits per heavy atom. The van der Waals surface area contributed by atoms with E-state index >= 15 is 0 Å². The third-order valence-electron chi connectivity index (χ3n) is 2.67. The van der Waals surface area contributed by atoms with Gasteiger partial charge < -0.3 is 15.3 Å². The van der Waals surface area contributed by atoms with Gasteiger partial charge in [0.05, 0.1) is 6.04 Å². The van der Waals surface area contributed by atoms with Crippen molar-refractivity contribution in [1.82, 2.24) is 10.2 Å². The van der Waals surface area contributed by atoms with E-state index in [2.05, 4.69) is 5.32 Å². The zero-order valence-corrected chi connectivity index (χ0v) is 6.29. The first-order valence-corrected chi connectivity index (χ1v) is 3.99. The number of hydrogen-bond donors (Lipinski definition) is 2. The van der Waals surface area contributed by atoms with Gasteiger partial charge in [-0.1, -0.05) is 0 Å². The van der Waals surface area contributed by atoms with Gasteiger partial charge >= 0.3 is 6.09 Å². The van der Waals surface area contributed by atoms with Crippen LogP contribution in [0.3, 0.4) is 0 Å². The first-order chi connectivity index (χ1) is 5.29. The van der Waals surface area contributed by atoms with E-state index in [1.165, 1.54) is 4.90 Å². The van der Waals surface area contributed by atoms with Crippen LogP contribution < -0.4 is 5.32 Å². The van der Waals surface area contributed by atoms with E-state index in [4.69, 9.17) is 5.11 Å². The number of nitrogens with zero attached hydrogens (tertiary/aromatic N) is 1. The summed E-state index contributed by atoms with van der Waals surface area (Å²) in [5.74, 6) is 0.632. The fourth-order valence-corrected chi connectivity index (χ4v) is 1.94. The molecule has 62 valence electrons. The largest absolute Gasteiger partial charge is 0.465 e. The monoisotopic (exact) mass is 156 g/mol. The summed E-state index contributed by atoms with van der Waals surface area (Å²) < 4.78 is 0. The third-order valence-corrected chi connectivity index (χ3v) is 2.67. The molecule has 0 unspecified atom stereocenters. The van der Waals surface area contributed by atoms with Crippen LogP contribution in [0.5, 0.6) is 0 Å². The Balaban J connectivity index is 1.96. The molecular weight excluding hydrogens is 144 g/mol. The van der Waals surface area contributed by atoms with Gasteiger partial charge in [-0.3, -0.25) is 0 Å². The van der Waals surface area contributed by atoms with E-state index in [0.717, 1.165) is 26.1 Å². The highest BCUT2D eigenvalue weighted by molar-refractivity contribution is 5.66. The first kappa shape index (κ1) is 6.91. The zero-order valence-electron chi connectivity index (χ0n) is 6.29. The third kappa shape index (κ3) is 0.976. The minimum Gasteiger partial charge on any atom is -0.465 e. The summed E-state index contributed by atoms with van der Waals surface area (Å²) in [5, 5.41) is 11.9. The van der Waals surface area contributed by atoms with Crippen molar-refractivity contribution in [3.63, 3.8) is 0 Å². The molecule has 4 heteroatoms. The summed E-state index contributed by atoms with van der Waals surface area (Å²) >= 11 is 0. The van der Waals surface area contributed by atoms with Crippen LogP contribution in [0.1, 0.15) is 6.42 Å². The molecule has 2 aliphatic heterocycles. The van der Waals surface area contributed by atoms with Crippen molar-refractivity contribution in [2.75, 3.05) is 19.6 Å². The average molecular weight is 156 g/mol. The molecular formula is C7H12N2O2.